The molecule has 0 aliphatic rings. The van der Waals surface area contributed by atoms with Gasteiger partial charge in [-0.3, -0.25) is 4.79 Å². The summed E-state index contributed by atoms with van der Waals surface area (Å²) >= 11 is 0. The fourth-order valence-corrected chi connectivity index (χ4v) is 3.42. The number of hydrogen-bond acceptors (Lipinski definition) is 4. The molecule has 0 unspecified atom stereocenters. The van der Waals surface area contributed by atoms with Crippen LogP contribution in [0.3, 0.4) is 0 Å². The molecule has 0 atom stereocenters. The van der Waals surface area contributed by atoms with Crippen molar-refractivity contribution >= 4 is 20.8 Å². The van der Waals surface area contributed by atoms with Crippen molar-refractivity contribution in [3.8, 4) is 11.3 Å². The molecule has 3 rings (SSSR count). The highest BCUT2D eigenvalue weighted by molar-refractivity contribution is 7.88. The first-order chi connectivity index (χ1) is 11.8. The van der Waals surface area contributed by atoms with Crippen LogP contribution in [0.1, 0.15) is 25.5 Å². The maximum absolute atomic E-state index is 12.6. The molecule has 0 saturated carbocycles. The van der Waals surface area contributed by atoms with Crippen LogP contribution in [0.25, 0.3) is 22.0 Å². The molecule has 0 bridgehead atoms. The molecular weight excluding hydrogens is 338 g/mol. The summed E-state index contributed by atoms with van der Waals surface area (Å²) in [6, 6.07) is 14.3. The highest BCUT2D eigenvalue weighted by atomic mass is 32.2. The Balaban J connectivity index is 2.18. The van der Waals surface area contributed by atoms with Gasteiger partial charge in [0, 0.05) is 10.9 Å². The minimum absolute atomic E-state index is 0.0717. The first-order valence-corrected chi connectivity index (χ1v) is 9.59. The summed E-state index contributed by atoms with van der Waals surface area (Å²) in [5, 5.41) is 11.0. The van der Waals surface area contributed by atoms with E-state index in [1.165, 1.54) is 4.68 Å². The van der Waals surface area contributed by atoms with Gasteiger partial charge in [-0.05, 0) is 25.5 Å². The van der Waals surface area contributed by atoms with Gasteiger partial charge in [0.25, 0.3) is 5.56 Å². The zero-order valence-electron chi connectivity index (χ0n) is 14.0. The zero-order chi connectivity index (χ0) is 18.2. The summed E-state index contributed by atoms with van der Waals surface area (Å²) in [5.74, 6) is -0.215. The average Bonchev–Trinajstić information content (AvgIpc) is 2.55. The molecule has 0 aliphatic heterocycles. The number of nitrogens with zero attached hydrogens (tertiary/aromatic N) is 2. The van der Waals surface area contributed by atoms with Crippen molar-refractivity contribution in [1.29, 1.82) is 0 Å². The molecule has 7 heteroatoms. The van der Waals surface area contributed by atoms with Crippen LogP contribution in [-0.4, -0.2) is 18.2 Å². The Morgan fingerprint density at radius 2 is 1.64 bits per heavy atom. The third kappa shape index (κ3) is 3.62. The number of hydrogen-bond donors (Lipinski definition) is 1. The highest BCUT2D eigenvalue weighted by Gasteiger charge is 2.14. The lowest BCUT2D eigenvalue weighted by molar-refractivity contribution is 0.510. The second-order valence-electron chi connectivity index (χ2n) is 6.24. The maximum Gasteiger partial charge on any atom is 0.274 e. The third-order valence-corrected chi connectivity index (χ3v) is 4.65. The fraction of sp³-hybridized carbons (Fsp3) is 0.222. The number of primary sulfonamides is 1. The van der Waals surface area contributed by atoms with Gasteiger partial charge in [-0.25, -0.2) is 18.2 Å². The molecule has 2 aromatic carbocycles. The van der Waals surface area contributed by atoms with E-state index in [1.807, 2.05) is 32.0 Å². The molecule has 0 radical (unpaired) electrons. The first-order valence-electron chi connectivity index (χ1n) is 7.87. The molecule has 2 N–H and O–H groups in total. The molecule has 3 aromatic rings. The van der Waals surface area contributed by atoms with Crippen molar-refractivity contribution in [3.05, 3.63) is 64.4 Å². The van der Waals surface area contributed by atoms with Crippen LogP contribution in [0.2, 0.25) is 0 Å². The summed E-state index contributed by atoms with van der Waals surface area (Å²) in [6.07, 6.45) is 0. The molecule has 0 spiro atoms. The Labute approximate surface area is 146 Å². The summed E-state index contributed by atoms with van der Waals surface area (Å²) in [7, 11) is -3.57. The van der Waals surface area contributed by atoms with Crippen molar-refractivity contribution < 1.29 is 8.42 Å². The largest absolute Gasteiger partial charge is 0.274 e. The van der Waals surface area contributed by atoms with E-state index in [2.05, 4.69) is 5.10 Å². The first kappa shape index (κ1) is 17.3. The molecule has 130 valence electrons. The van der Waals surface area contributed by atoms with Crippen molar-refractivity contribution in [1.82, 2.24) is 9.78 Å². The summed E-state index contributed by atoms with van der Waals surface area (Å²) < 4.78 is 23.9. The molecule has 1 heterocycles. The van der Waals surface area contributed by atoms with E-state index >= 15 is 0 Å². The van der Waals surface area contributed by atoms with E-state index in [-0.39, 0.29) is 17.4 Å². The monoisotopic (exact) mass is 357 g/mol. The van der Waals surface area contributed by atoms with Crippen LogP contribution in [0.4, 0.5) is 0 Å². The predicted octanol–water partition coefficient (Wildman–Crippen LogP) is 2.43. The number of sulfonamides is 1. The second-order valence-corrected chi connectivity index (χ2v) is 7.86. The Kier molecular flexibility index (Phi) is 4.45. The van der Waals surface area contributed by atoms with Gasteiger partial charge in [0.15, 0.2) is 0 Å². The van der Waals surface area contributed by atoms with Crippen LogP contribution < -0.4 is 10.7 Å². The Bertz CT molecular complexity index is 1080. The van der Waals surface area contributed by atoms with Crippen LogP contribution in [-0.2, 0) is 15.8 Å². The molecule has 0 amide bonds. The number of aromatic nitrogens is 2. The second kappa shape index (κ2) is 6.42. The van der Waals surface area contributed by atoms with E-state index in [1.54, 1.807) is 30.3 Å². The van der Waals surface area contributed by atoms with Gasteiger partial charge in [0.05, 0.1) is 22.9 Å². The zero-order valence-corrected chi connectivity index (χ0v) is 14.8. The van der Waals surface area contributed by atoms with E-state index < -0.39 is 10.0 Å². The van der Waals surface area contributed by atoms with Crippen molar-refractivity contribution in [3.63, 3.8) is 0 Å². The van der Waals surface area contributed by atoms with Crippen LogP contribution in [0, 0.1) is 0 Å². The van der Waals surface area contributed by atoms with Gasteiger partial charge in [-0.2, -0.15) is 5.10 Å². The number of nitrogens with two attached hydrogens (primary N) is 1. The van der Waals surface area contributed by atoms with E-state index in [4.69, 9.17) is 5.14 Å². The van der Waals surface area contributed by atoms with Gasteiger partial charge >= 0.3 is 0 Å². The lowest BCUT2D eigenvalue weighted by Gasteiger charge is -2.14. The number of benzene rings is 2. The molecule has 0 saturated heterocycles. The Hall–Kier alpha value is -2.51. The van der Waals surface area contributed by atoms with Gasteiger partial charge < -0.3 is 0 Å². The normalized spacial score (nSPS) is 12.0. The average molecular weight is 357 g/mol. The Morgan fingerprint density at radius 3 is 2.20 bits per heavy atom. The standard InChI is InChI=1S/C18H19N3O3S/c1-12(2)21-18(22)16-6-4-3-5-15(16)17(20-21)14-9-7-13(8-10-14)11-25(19,23)24/h3-10,12H,11H2,1-2H3,(H2,19,23,24). The van der Waals surface area contributed by atoms with Crippen LogP contribution in [0.15, 0.2) is 53.3 Å². The van der Waals surface area contributed by atoms with E-state index in [9.17, 15) is 13.2 Å². The summed E-state index contributed by atoms with van der Waals surface area (Å²) in [4.78, 5) is 12.6. The number of rotatable bonds is 4. The topological polar surface area (TPSA) is 95.1 Å². The van der Waals surface area contributed by atoms with Gasteiger partial charge in [-0.15, -0.1) is 0 Å². The molecule has 0 aliphatic carbocycles. The maximum atomic E-state index is 12.6. The van der Waals surface area contributed by atoms with Gasteiger partial charge in [-0.1, -0.05) is 42.5 Å². The molecular formula is C18H19N3O3S. The summed E-state index contributed by atoms with van der Waals surface area (Å²) in [6.45, 7) is 3.81. The fourth-order valence-electron chi connectivity index (χ4n) is 2.76. The van der Waals surface area contributed by atoms with Gasteiger partial charge in [0.1, 0.15) is 0 Å². The molecule has 0 fully saturated rings. The molecule has 6 nitrogen and oxygen atoms in total. The summed E-state index contributed by atoms with van der Waals surface area (Å²) in [5.41, 5.74) is 1.97. The van der Waals surface area contributed by atoms with Gasteiger partial charge in [0.2, 0.25) is 10.0 Å². The number of fused-ring (bicyclic) bond motifs is 1. The minimum atomic E-state index is -3.57. The predicted molar refractivity (Wildman–Crippen MR) is 98.6 cm³/mol. The lowest BCUT2D eigenvalue weighted by atomic mass is 10.0. The Morgan fingerprint density at radius 1 is 1.04 bits per heavy atom. The van der Waals surface area contributed by atoms with Crippen molar-refractivity contribution in [2.45, 2.75) is 25.6 Å². The van der Waals surface area contributed by atoms with Crippen molar-refractivity contribution in [2.75, 3.05) is 0 Å². The van der Waals surface area contributed by atoms with Crippen LogP contribution >= 0.6 is 0 Å². The van der Waals surface area contributed by atoms with E-state index in [0.717, 1.165) is 10.9 Å². The van der Waals surface area contributed by atoms with Crippen molar-refractivity contribution in [2.24, 2.45) is 5.14 Å². The third-order valence-electron chi connectivity index (χ3n) is 3.91. The minimum Gasteiger partial charge on any atom is -0.267 e. The smallest absolute Gasteiger partial charge is 0.267 e. The SMILES string of the molecule is CC(C)n1nc(-c2ccc(CS(N)(=O)=O)cc2)c2ccccc2c1=O. The van der Waals surface area contributed by atoms with E-state index in [0.29, 0.717) is 16.6 Å². The molecule has 1 aromatic heterocycles. The quantitative estimate of drug-likeness (QED) is 0.776. The van der Waals surface area contributed by atoms with Crippen LogP contribution in [0.5, 0.6) is 0 Å². The highest BCUT2D eigenvalue weighted by Crippen LogP contribution is 2.25. The lowest BCUT2D eigenvalue weighted by Crippen LogP contribution is -2.25. The molecule has 25 heavy (non-hydrogen) atoms.